The van der Waals surface area contributed by atoms with Gasteiger partial charge in [0.05, 0.1) is 16.6 Å². The zero-order chi connectivity index (χ0) is 23.6. The fraction of sp³-hybridized carbons (Fsp3) is 0.269. The van der Waals surface area contributed by atoms with Crippen LogP contribution in [0.3, 0.4) is 0 Å². The number of anilines is 1. The number of rotatable bonds is 6. The van der Waals surface area contributed by atoms with Crippen LogP contribution in [0.2, 0.25) is 0 Å². The van der Waals surface area contributed by atoms with Crippen LogP contribution in [0.25, 0.3) is 0 Å². The van der Waals surface area contributed by atoms with Crippen molar-refractivity contribution in [3.8, 4) is 5.75 Å². The summed E-state index contributed by atoms with van der Waals surface area (Å²) in [4.78, 5) is 13.4. The number of amides is 1. The maximum atomic E-state index is 13.4. The first-order valence-corrected chi connectivity index (χ1v) is 12.3. The van der Waals surface area contributed by atoms with Crippen molar-refractivity contribution in [1.29, 1.82) is 0 Å². The zero-order valence-electron chi connectivity index (χ0n) is 19.0. The van der Waals surface area contributed by atoms with E-state index in [1.165, 1.54) is 12.1 Å². The molecule has 7 heteroatoms. The topological polar surface area (TPSA) is 75.7 Å². The molecular formula is C26H28N2O4S. The molecule has 4 rings (SSSR count). The third-order valence-corrected chi connectivity index (χ3v) is 7.41. The smallest absolute Gasteiger partial charge is 0.264 e. The van der Waals surface area contributed by atoms with E-state index in [1.807, 2.05) is 39.0 Å². The highest BCUT2D eigenvalue weighted by Gasteiger charge is 2.35. The minimum atomic E-state index is -3.93. The molecule has 1 aliphatic heterocycles. The highest BCUT2D eigenvalue weighted by atomic mass is 32.2. The van der Waals surface area contributed by atoms with Crippen LogP contribution in [-0.4, -0.2) is 26.5 Å². The number of carbonyl (C=O) groups excluding carboxylic acids is 1. The van der Waals surface area contributed by atoms with E-state index >= 15 is 0 Å². The van der Waals surface area contributed by atoms with Crippen LogP contribution in [0.5, 0.6) is 5.75 Å². The highest BCUT2D eigenvalue weighted by molar-refractivity contribution is 7.92. The van der Waals surface area contributed by atoms with Crippen LogP contribution in [0, 0.1) is 6.92 Å². The molecule has 1 N–H and O–H groups in total. The molecule has 0 saturated carbocycles. The summed E-state index contributed by atoms with van der Waals surface area (Å²) >= 11 is 0. The SMILES string of the molecule is Cc1ccc2c(c1)C(NC(=O)CN(c1ccccc1)S(=O)(=O)c1ccccc1)CC(C)(C)O2. The highest BCUT2D eigenvalue weighted by Crippen LogP contribution is 2.40. The van der Waals surface area contributed by atoms with E-state index in [0.717, 1.165) is 21.2 Å². The Morgan fingerprint density at radius 3 is 2.33 bits per heavy atom. The zero-order valence-corrected chi connectivity index (χ0v) is 19.8. The molecule has 3 aromatic rings. The van der Waals surface area contributed by atoms with Gasteiger partial charge >= 0.3 is 0 Å². The van der Waals surface area contributed by atoms with Gasteiger partial charge in [0.2, 0.25) is 5.91 Å². The van der Waals surface area contributed by atoms with Gasteiger partial charge in [0.1, 0.15) is 17.9 Å². The van der Waals surface area contributed by atoms with E-state index in [1.54, 1.807) is 48.5 Å². The van der Waals surface area contributed by atoms with E-state index < -0.39 is 15.6 Å². The van der Waals surface area contributed by atoms with E-state index in [-0.39, 0.29) is 23.4 Å². The van der Waals surface area contributed by atoms with Gasteiger partial charge in [-0.05, 0) is 51.1 Å². The number of fused-ring (bicyclic) bond motifs is 1. The quantitative estimate of drug-likeness (QED) is 0.578. The van der Waals surface area contributed by atoms with Crippen molar-refractivity contribution >= 4 is 21.6 Å². The summed E-state index contributed by atoms with van der Waals surface area (Å²) in [6.45, 7) is 5.61. The van der Waals surface area contributed by atoms with E-state index in [4.69, 9.17) is 4.74 Å². The molecule has 33 heavy (non-hydrogen) atoms. The Balaban J connectivity index is 1.63. The summed E-state index contributed by atoms with van der Waals surface area (Å²) in [5.74, 6) is 0.354. The number of aryl methyl sites for hydroxylation is 1. The van der Waals surface area contributed by atoms with Gasteiger partial charge in [-0.15, -0.1) is 0 Å². The molecule has 6 nitrogen and oxygen atoms in total. The number of nitrogens with zero attached hydrogens (tertiary/aromatic N) is 1. The van der Waals surface area contributed by atoms with Crippen molar-refractivity contribution in [2.24, 2.45) is 0 Å². The maximum absolute atomic E-state index is 13.4. The van der Waals surface area contributed by atoms with Gasteiger partial charge < -0.3 is 10.1 Å². The van der Waals surface area contributed by atoms with Crippen LogP contribution < -0.4 is 14.4 Å². The van der Waals surface area contributed by atoms with Gasteiger partial charge in [0.15, 0.2) is 0 Å². The molecule has 0 bridgehead atoms. The first-order valence-electron chi connectivity index (χ1n) is 10.9. The number of carbonyl (C=O) groups is 1. The Morgan fingerprint density at radius 2 is 1.67 bits per heavy atom. The minimum absolute atomic E-state index is 0.134. The third kappa shape index (κ3) is 5.03. The minimum Gasteiger partial charge on any atom is -0.487 e. The van der Waals surface area contributed by atoms with Crippen molar-refractivity contribution in [2.45, 2.75) is 43.7 Å². The Bertz CT molecular complexity index is 1240. The number of hydrogen-bond acceptors (Lipinski definition) is 4. The average molecular weight is 465 g/mol. The second kappa shape index (κ2) is 8.90. The largest absolute Gasteiger partial charge is 0.487 e. The van der Waals surface area contributed by atoms with Gasteiger partial charge in [0, 0.05) is 12.0 Å². The van der Waals surface area contributed by atoms with Crippen molar-refractivity contribution in [3.63, 3.8) is 0 Å². The monoisotopic (exact) mass is 464 g/mol. The Labute approximate surface area is 195 Å². The Morgan fingerprint density at radius 1 is 1.03 bits per heavy atom. The van der Waals surface area contributed by atoms with Crippen molar-refractivity contribution in [3.05, 3.63) is 90.0 Å². The van der Waals surface area contributed by atoms with Gasteiger partial charge in [-0.3, -0.25) is 9.10 Å². The van der Waals surface area contributed by atoms with Gasteiger partial charge in [-0.25, -0.2) is 8.42 Å². The van der Waals surface area contributed by atoms with Crippen LogP contribution in [-0.2, 0) is 14.8 Å². The fourth-order valence-corrected chi connectivity index (χ4v) is 5.54. The van der Waals surface area contributed by atoms with E-state index in [0.29, 0.717) is 12.1 Å². The summed E-state index contributed by atoms with van der Waals surface area (Å²) in [5, 5.41) is 3.06. The van der Waals surface area contributed by atoms with Gasteiger partial charge in [0.25, 0.3) is 10.0 Å². The first kappa shape index (κ1) is 22.9. The molecule has 1 heterocycles. The van der Waals surface area contributed by atoms with Crippen molar-refractivity contribution in [2.75, 3.05) is 10.8 Å². The summed E-state index contributed by atoms with van der Waals surface area (Å²) in [7, 11) is -3.93. The van der Waals surface area contributed by atoms with Crippen LogP contribution >= 0.6 is 0 Å². The lowest BCUT2D eigenvalue weighted by Gasteiger charge is -2.38. The molecular weight excluding hydrogens is 436 g/mol. The standard InChI is InChI=1S/C26H28N2O4S/c1-19-14-15-24-22(16-19)23(17-26(2,3)32-24)27-25(29)18-28(20-10-6-4-7-11-20)33(30,31)21-12-8-5-9-13-21/h4-16,23H,17-18H2,1-3H3,(H,27,29). The number of nitrogens with one attached hydrogen (secondary N) is 1. The molecule has 1 aliphatic rings. The molecule has 3 aromatic carbocycles. The molecule has 0 aromatic heterocycles. The molecule has 1 atom stereocenters. The van der Waals surface area contributed by atoms with Gasteiger partial charge in [-0.1, -0.05) is 54.1 Å². The second-order valence-electron chi connectivity index (χ2n) is 8.89. The number of benzene rings is 3. The van der Waals surface area contributed by atoms with E-state index in [9.17, 15) is 13.2 Å². The predicted molar refractivity (Wildman–Crippen MR) is 129 cm³/mol. The molecule has 0 saturated heterocycles. The number of sulfonamides is 1. The Kier molecular flexibility index (Phi) is 6.17. The summed E-state index contributed by atoms with van der Waals surface area (Å²) in [6, 6.07) is 22.4. The van der Waals surface area contributed by atoms with Gasteiger partial charge in [-0.2, -0.15) is 0 Å². The molecule has 0 fully saturated rings. The van der Waals surface area contributed by atoms with E-state index in [2.05, 4.69) is 5.32 Å². The number of para-hydroxylation sites is 1. The number of ether oxygens (including phenoxy) is 1. The lowest BCUT2D eigenvalue weighted by atomic mass is 9.89. The van der Waals surface area contributed by atoms with Crippen LogP contribution in [0.1, 0.15) is 37.4 Å². The molecule has 0 radical (unpaired) electrons. The second-order valence-corrected chi connectivity index (χ2v) is 10.7. The predicted octanol–water partition coefficient (Wildman–Crippen LogP) is 4.61. The first-order chi connectivity index (χ1) is 15.7. The normalized spacial score (nSPS) is 16.9. The lowest BCUT2D eigenvalue weighted by molar-refractivity contribution is -0.120. The third-order valence-electron chi connectivity index (χ3n) is 5.62. The fourth-order valence-electron chi connectivity index (χ4n) is 4.10. The Hall–Kier alpha value is -3.32. The van der Waals surface area contributed by atoms with Crippen molar-refractivity contribution < 1.29 is 17.9 Å². The van der Waals surface area contributed by atoms with Crippen LogP contribution in [0.4, 0.5) is 5.69 Å². The summed E-state index contributed by atoms with van der Waals surface area (Å²) in [6.07, 6.45) is 0.575. The molecule has 0 spiro atoms. The molecule has 1 unspecified atom stereocenters. The average Bonchev–Trinajstić information content (AvgIpc) is 2.78. The molecule has 0 aliphatic carbocycles. The summed E-state index contributed by atoms with van der Waals surface area (Å²) in [5.41, 5.74) is 1.93. The molecule has 172 valence electrons. The summed E-state index contributed by atoms with van der Waals surface area (Å²) < 4.78 is 34.1. The lowest BCUT2D eigenvalue weighted by Crippen LogP contribution is -2.45. The number of hydrogen-bond donors (Lipinski definition) is 1. The van der Waals surface area contributed by atoms with Crippen LogP contribution in [0.15, 0.2) is 83.8 Å². The molecule has 1 amide bonds. The maximum Gasteiger partial charge on any atom is 0.264 e. The van der Waals surface area contributed by atoms with Crippen molar-refractivity contribution in [1.82, 2.24) is 5.32 Å².